The monoisotopic (exact) mass is 308 g/mol. The summed E-state index contributed by atoms with van der Waals surface area (Å²) in [6.45, 7) is 3.18. The van der Waals surface area contributed by atoms with Crippen LogP contribution in [0.3, 0.4) is 0 Å². The second-order valence-corrected chi connectivity index (χ2v) is 4.64. The Kier molecular flexibility index (Phi) is 5.74. The van der Waals surface area contributed by atoms with Gasteiger partial charge in [-0.15, -0.1) is 0 Å². The van der Waals surface area contributed by atoms with Crippen LogP contribution in [0.2, 0.25) is 5.02 Å². The molecule has 0 aliphatic heterocycles. The van der Waals surface area contributed by atoms with Gasteiger partial charge in [-0.3, -0.25) is 0 Å². The molecule has 1 aromatic heterocycles. The van der Waals surface area contributed by atoms with Crippen molar-refractivity contribution in [1.29, 1.82) is 0 Å². The van der Waals surface area contributed by atoms with E-state index in [4.69, 9.17) is 26.9 Å². The number of hydrazine groups is 1. The fraction of sp³-hybridized carbons (Fsp3) is 0.286. The van der Waals surface area contributed by atoms with Crippen molar-refractivity contribution in [3.63, 3.8) is 0 Å². The molecule has 1 aromatic carbocycles. The number of nitrogens with one attached hydrogen (secondary N) is 1. The average Bonchev–Trinajstić information content (AvgIpc) is 2.52. The number of nitrogens with two attached hydrogens (primary N) is 1. The molecule has 0 bridgehead atoms. The number of ether oxygens (including phenoxy) is 2. The quantitative estimate of drug-likeness (QED) is 0.604. The Bertz CT molecular complexity index is 578. The van der Waals surface area contributed by atoms with E-state index in [0.717, 1.165) is 5.56 Å². The summed E-state index contributed by atoms with van der Waals surface area (Å²) < 4.78 is 10.9. The van der Waals surface area contributed by atoms with Gasteiger partial charge in [-0.05, 0) is 24.6 Å². The minimum absolute atomic E-state index is 0.309. The molecule has 21 heavy (non-hydrogen) atoms. The van der Waals surface area contributed by atoms with Gasteiger partial charge in [0.1, 0.15) is 19.0 Å². The minimum atomic E-state index is 0.309. The summed E-state index contributed by atoms with van der Waals surface area (Å²) in [6, 6.07) is 9.05. The van der Waals surface area contributed by atoms with Crippen molar-refractivity contribution in [1.82, 2.24) is 9.97 Å². The maximum Gasteiger partial charge on any atom is 0.219 e. The number of hydrogen-bond acceptors (Lipinski definition) is 6. The van der Waals surface area contributed by atoms with Crippen LogP contribution in [0.1, 0.15) is 18.3 Å². The van der Waals surface area contributed by atoms with Crippen molar-refractivity contribution in [2.24, 2.45) is 5.84 Å². The van der Waals surface area contributed by atoms with Gasteiger partial charge in [0, 0.05) is 17.7 Å². The van der Waals surface area contributed by atoms with E-state index >= 15 is 0 Å². The minimum Gasteiger partial charge on any atom is -0.473 e. The molecule has 0 saturated heterocycles. The predicted octanol–water partition coefficient (Wildman–Crippen LogP) is 2.53. The number of nitrogen functional groups attached to an aromatic ring is 1. The summed E-state index contributed by atoms with van der Waals surface area (Å²) in [4.78, 5) is 8.46. The Morgan fingerprint density at radius 1 is 1.19 bits per heavy atom. The number of hydrogen-bond donors (Lipinski definition) is 2. The molecular weight excluding hydrogens is 292 g/mol. The molecule has 1 heterocycles. The smallest absolute Gasteiger partial charge is 0.219 e. The number of nitrogens with zero attached hydrogens (tertiary/aromatic N) is 2. The van der Waals surface area contributed by atoms with E-state index in [1.54, 1.807) is 6.07 Å². The van der Waals surface area contributed by atoms with Crippen LogP contribution < -0.4 is 16.0 Å². The number of rotatable bonds is 7. The van der Waals surface area contributed by atoms with Gasteiger partial charge in [-0.2, -0.15) is 4.98 Å². The Labute approximate surface area is 128 Å². The second kappa shape index (κ2) is 7.78. The Hall–Kier alpha value is -1.89. The van der Waals surface area contributed by atoms with E-state index in [2.05, 4.69) is 15.4 Å². The maximum atomic E-state index is 5.84. The number of halogens is 1. The molecule has 2 rings (SSSR count). The fourth-order valence-electron chi connectivity index (χ4n) is 1.62. The van der Waals surface area contributed by atoms with E-state index in [-0.39, 0.29) is 0 Å². The van der Waals surface area contributed by atoms with E-state index in [0.29, 0.717) is 42.4 Å². The molecule has 0 amide bonds. The van der Waals surface area contributed by atoms with Gasteiger partial charge in [0.2, 0.25) is 5.88 Å². The van der Waals surface area contributed by atoms with Crippen molar-refractivity contribution < 1.29 is 9.47 Å². The lowest BCUT2D eigenvalue weighted by Gasteiger charge is -2.09. The molecule has 6 nitrogen and oxygen atoms in total. The standard InChI is InChI=1S/C14H17ClN4O2/c1-2-20-9-13-17-12(19-16)7-14(18-13)21-8-10-3-5-11(15)6-4-10/h3-7H,2,8-9,16H2,1H3,(H,17,18,19). The van der Waals surface area contributed by atoms with Gasteiger partial charge < -0.3 is 14.9 Å². The number of aromatic nitrogens is 2. The first-order valence-electron chi connectivity index (χ1n) is 6.51. The van der Waals surface area contributed by atoms with Gasteiger partial charge in [-0.25, -0.2) is 10.8 Å². The highest BCUT2D eigenvalue weighted by Gasteiger charge is 2.06. The van der Waals surface area contributed by atoms with Crippen molar-refractivity contribution in [3.8, 4) is 5.88 Å². The van der Waals surface area contributed by atoms with Gasteiger partial charge in [-0.1, -0.05) is 23.7 Å². The lowest BCUT2D eigenvalue weighted by Crippen LogP contribution is -2.12. The normalized spacial score (nSPS) is 10.4. The molecule has 2 aromatic rings. The highest BCUT2D eigenvalue weighted by Crippen LogP contribution is 2.16. The summed E-state index contributed by atoms with van der Waals surface area (Å²) in [5, 5.41) is 0.689. The number of anilines is 1. The molecule has 0 fully saturated rings. The summed E-state index contributed by atoms with van der Waals surface area (Å²) in [6.07, 6.45) is 0. The lowest BCUT2D eigenvalue weighted by atomic mass is 10.2. The van der Waals surface area contributed by atoms with Crippen LogP contribution >= 0.6 is 11.6 Å². The Balaban J connectivity index is 2.05. The first-order valence-corrected chi connectivity index (χ1v) is 6.88. The Morgan fingerprint density at radius 2 is 1.95 bits per heavy atom. The van der Waals surface area contributed by atoms with Crippen LogP contribution in [0, 0.1) is 0 Å². The molecule has 0 saturated carbocycles. The van der Waals surface area contributed by atoms with Crippen LogP contribution in [0.4, 0.5) is 5.82 Å². The summed E-state index contributed by atoms with van der Waals surface area (Å²) >= 11 is 5.84. The molecule has 0 aliphatic carbocycles. The topological polar surface area (TPSA) is 82.3 Å². The third kappa shape index (κ3) is 4.86. The summed E-state index contributed by atoms with van der Waals surface area (Å²) in [7, 11) is 0. The van der Waals surface area contributed by atoms with Crippen LogP contribution in [-0.4, -0.2) is 16.6 Å². The molecular formula is C14H17ClN4O2. The van der Waals surface area contributed by atoms with Crippen molar-refractivity contribution in [2.75, 3.05) is 12.0 Å². The van der Waals surface area contributed by atoms with Crippen molar-refractivity contribution in [2.45, 2.75) is 20.1 Å². The van der Waals surface area contributed by atoms with E-state index in [1.165, 1.54) is 0 Å². The molecule has 0 spiro atoms. The van der Waals surface area contributed by atoms with Crippen LogP contribution in [0.5, 0.6) is 5.88 Å². The zero-order valence-corrected chi connectivity index (χ0v) is 12.4. The molecule has 0 atom stereocenters. The Morgan fingerprint density at radius 3 is 2.62 bits per heavy atom. The van der Waals surface area contributed by atoms with Gasteiger partial charge in [0.05, 0.1) is 0 Å². The van der Waals surface area contributed by atoms with Gasteiger partial charge in [0.15, 0.2) is 5.82 Å². The highest BCUT2D eigenvalue weighted by molar-refractivity contribution is 6.30. The first-order chi connectivity index (χ1) is 10.2. The summed E-state index contributed by atoms with van der Waals surface area (Å²) in [5.74, 6) is 6.81. The molecule has 0 aliphatic rings. The molecule has 112 valence electrons. The lowest BCUT2D eigenvalue weighted by molar-refractivity contribution is 0.127. The van der Waals surface area contributed by atoms with Crippen LogP contribution in [0.15, 0.2) is 30.3 Å². The molecule has 0 unspecified atom stereocenters. The second-order valence-electron chi connectivity index (χ2n) is 4.20. The van der Waals surface area contributed by atoms with Crippen LogP contribution in [-0.2, 0) is 18.0 Å². The van der Waals surface area contributed by atoms with E-state index in [9.17, 15) is 0 Å². The SMILES string of the molecule is CCOCc1nc(NN)cc(OCc2ccc(Cl)cc2)n1. The van der Waals surface area contributed by atoms with Gasteiger partial charge in [0.25, 0.3) is 0 Å². The highest BCUT2D eigenvalue weighted by atomic mass is 35.5. The fourth-order valence-corrected chi connectivity index (χ4v) is 1.74. The maximum absolute atomic E-state index is 5.84. The average molecular weight is 309 g/mol. The van der Waals surface area contributed by atoms with E-state index in [1.807, 2.05) is 31.2 Å². The molecule has 7 heteroatoms. The zero-order valence-electron chi connectivity index (χ0n) is 11.7. The predicted molar refractivity (Wildman–Crippen MR) is 81.0 cm³/mol. The van der Waals surface area contributed by atoms with Gasteiger partial charge >= 0.3 is 0 Å². The molecule has 0 radical (unpaired) electrons. The number of benzene rings is 1. The first kappa shape index (κ1) is 15.5. The summed E-state index contributed by atoms with van der Waals surface area (Å²) in [5.41, 5.74) is 3.48. The van der Waals surface area contributed by atoms with E-state index < -0.39 is 0 Å². The zero-order chi connectivity index (χ0) is 15.1. The van der Waals surface area contributed by atoms with Crippen molar-refractivity contribution >= 4 is 17.4 Å². The largest absolute Gasteiger partial charge is 0.473 e. The van der Waals surface area contributed by atoms with Crippen LogP contribution in [0.25, 0.3) is 0 Å². The third-order valence-electron chi connectivity index (χ3n) is 2.63. The molecule has 3 N–H and O–H groups in total. The van der Waals surface area contributed by atoms with Crippen molar-refractivity contribution in [3.05, 3.63) is 46.7 Å². The third-order valence-corrected chi connectivity index (χ3v) is 2.88.